The van der Waals surface area contributed by atoms with Crippen LogP contribution in [0.5, 0.6) is 0 Å². The number of amides is 1. The molecule has 21 heavy (non-hydrogen) atoms. The van der Waals surface area contributed by atoms with Crippen molar-refractivity contribution in [3.05, 3.63) is 0 Å². The number of carbonyl (C=O) groups excluding carboxylic acids is 1. The van der Waals surface area contributed by atoms with Crippen LogP contribution in [-0.4, -0.2) is 50.3 Å². The zero-order valence-corrected chi connectivity index (χ0v) is 14.0. The summed E-state index contributed by atoms with van der Waals surface area (Å²) in [6, 6.07) is 0.0112. The van der Waals surface area contributed by atoms with Crippen molar-refractivity contribution < 1.29 is 19.4 Å². The second kappa shape index (κ2) is 5.71. The van der Waals surface area contributed by atoms with E-state index < -0.39 is 23.2 Å². The fourth-order valence-corrected chi connectivity index (χ4v) is 4.20. The van der Waals surface area contributed by atoms with Gasteiger partial charge in [0.05, 0.1) is 0 Å². The Bertz CT molecular complexity index is 430. The molecule has 1 amide bonds. The van der Waals surface area contributed by atoms with Crippen LogP contribution in [0.3, 0.4) is 0 Å². The van der Waals surface area contributed by atoms with Gasteiger partial charge in [-0.1, -0.05) is 6.92 Å². The van der Waals surface area contributed by atoms with E-state index in [0.29, 0.717) is 6.42 Å². The molecule has 1 aliphatic carbocycles. The first-order valence-electron chi connectivity index (χ1n) is 7.56. The minimum absolute atomic E-state index is 0.0112. The van der Waals surface area contributed by atoms with E-state index in [1.807, 2.05) is 27.7 Å². The molecular weight excluding hydrogens is 290 g/mol. The van der Waals surface area contributed by atoms with Crippen molar-refractivity contribution >= 4 is 23.8 Å². The maximum atomic E-state index is 12.6. The fraction of sp³-hybridized carbons (Fsp3) is 0.867. The summed E-state index contributed by atoms with van der Waals surface area (Å²) < 4.78 is 5.49. The first-order valence-corrected chi connectivity index (χ1v) is 8.60. The van der Waals surface area contributed by atoms with Crippen molar-refractivity contribution in [2.24, 2.45) is 0 Å². The summed E-state index contributed by atoms with van der Waals surface area (Å²) in [7, 11) is 0. The minimum Gasteiger partial charge on any atom is -0.479 e. The molecule has 2 unspecified atom stereocenters. The Balaban J connectivity index is 2.34. The van der Waals surface area contributed by atoms with Gasteiger partial charge in [0.25, 0.3) is 0 Å². The molecule has 1 N–H and O–H groups in total. The van der Waals surface area contributed by atoms with Gasteiger partial charge in [-0.05, 0) is 52.2 Å². The monoisotopic (exact) mass is 315 g/mol. The van der Waals surface area contributed by atoms with Crippen LogP contribution >= 0.6 is 11.8 Å². The fourth-order valence-electron chi connectivity index (χ4n) is 2.92. The number of hydrogen-bond donors (Lipinski definition) is 1. The summed E-state index contributed by atoms with van der Waals surface area (Å²) in [5.41, 5.74) is -1.75. The summed E-state index contributed by atoms with van der Waals surface area (Å²) in [4.78, 5) is 26.2. The van der Waals surface area contributed by atoms with Crippen molar-refractivity contribution in [2.75, 3.05) is 5.75 Å². The number of carboxylic acid groups (broad SMARTS) is 1. The summed E-state index contributed by atoms with van der Waals surface area (Å²) in [6.45, 7) is 7.34. The SMILES string of the molecule is CC1SCCCC1(C(=O)O)N(C(=O)OC(C)(C)C)C1CC1. The van der Waals surface area contributed by atoms with Gasteiger partial charge in [0.1, 0.15) is 5.60 Å². The molecule has 0 aromatic heterocycles. The van der Waals surface area contributed by atoms with E-state index in [1.165, 1.54) is 4.90 Å². The second-order valence-electron chi connectivity index (χ2n) is 6.93. The van der Waals surface area contributed by atoms with Gasteiger partial charge < -0.3 is 9.84 Å². The number of nitrogens with zero attached hydrogens (tertiary/aromatic N) is 1. The summed E-state index contributed by atoms with van der Waals surface area (Å²) >= 11 is 1.63. The zero-order valence-electron chi connectivity index (χ0n) is 13.2. The number of carbonyl (C=O) groups is 2. The summed E-state index contributed by atoms with van der Waals surface area (Å²) in [5.74, 6) is 0.0446. The van der Waals surface area contributed by atoms with Gasteiger partial charge in [-0.3, -0.25) is 4.90 Å². The van der Waals surface area contributed by atoms with Crippen LogP contribution in [0.2, 0.25) is 0 Å². The van der Waals surface area contributed by atoms with Crippen LogP contribution in [0, 0.1) is 0 Å². The van der Waals surface area contributed by atoms with Gasteiger partial charge in [-0.25, -0.2) is 9.59 Å². The highest BCUT2D eigenvalue weighted by Gasteiger charge is 2.57. The van der Waals surface area contributed by atoms with E-state index in [9.17, 15) is 14.7 Å². The van der Waals surface area contributed by atoms with Crippen molar-refractivity contribution in [3.8, 4) is 0 Å². The van der Waals surface area contributed by atoms with Gasteiger partial charge in [0.15, 0.2) is 5.54 Å². The topological polar surface area (TPSA) is 66.8 Å². The largest absolute Gasteiger partial charge is 0.479 e. The molecule has 120 valence electrons. The molecule has 1 heterocycles. The maximum Gasteiger partial charge on any atom is 0.411 e. The first kappa shape index (κ1) is 16.5. The molecule has 0 bridgehead atoms. The highest BCUT2D eigenvalue weighted by Crippen LogP contribution is 2.44. The Hall–Kier alpha value is -0.910. The average molecular weight is 315 g/mol. The lowest BCUT2D eigenvalue weighted by Crippen LogP contribution is -2.64. The average Bonchev–Trinajstić information content (AvgIpc) is 3.13. The Morgan fingerprint density at radius 1 is 1.33 bits per heavy atom. The molecule has 0 aromatic rings. The molecule has 1 saturated heterocycles. The molecule has 2 atom stereocenters. The van der Waals surface area contributed by atoms with Crippen molar-refractivity contribution in [3.63, 3.8) is 0 Å². The molecule has 2 aliphatic rings. The van der Waals surface area contributed by atoms with Crippen molar-refractivity contribution in [1.82, 2.24) is 4.90 Å². The lowest BCUT2D eigenvalue weighted by atomic mass is 9.87. The first-order chi connectivity index (χ1) is 9.68. The van der Waals surface area contributed by atoms with Crippen LogP contribution in [0.25, 0.3) is 0 Å². The van der Waals surface area contributed by atoms with Crippen LogP contribution in [0.4, 0.5) is 4.79 Å². The predicted molar refractivity (Wildman–Crippen MR) is 82.6 cm³/mol. The number of hydrogen-bond acceptors (Lipinski definition) is 4. The van der Waals surface area contributed by atoms with Crippen LogP contribution in [0.1, 0.15) is 53.4 Å². The quantitative estimate of drug-likeness (QED) is 0.866. The molecule has 2 rings (SSSR count). The molecule has 2 fully saturated rings. The van der Waals surface area contributed by atoms with E-state index in [-0.39, 0.29) is 11.3 Å². The summed E-state index contributed by atoms with van der Waals surface area (Å²) in [6.07, 6.45) is 2.57. The Kier molecular flexibility index (Phi) is 4.47. The Labute approximate surface area is 130 Å². The molecule has 0 spiro atoms. The van der Waals surface area contributed by atoms with Gasteiger partial charge in [0, 0.05) is 11.3 Å². The zero-order chi connectivity index (χ0) is 15.8. The van der Waals surface area contributed by atoms with Crippen molar-refractivity contribution in [2.45, 2.75) is 75.8 Å². The van der Waals surface area contributed by atoms with Gasteiger partial charge in [-0.15, -0.1) is 0 Å². The van der Waals surface area contributed by atoms with E-state index in [2.05, 4.69) is 0 Å². The van der Waals surface area contributed by atoms with E-state index >= 15 is 0 Å². The molecule has 0 radical (unpaired) electrons. The van der Waals surface area contributed by atoms with E-state index in [0.717, 1.165) is 25.0 Å². The number of thioether (sulfide) groups is 1. The molecule has 5 nitrogen and oxygen atoms in total. The third-order valence-electron chi connectivity index (χ3n) is 4.05. The predicted octanol–water partition coefficient (Wildman–Crippen LogP) is 3.12. The molecule has 1 saturated carbocycles. The summed E-state index contributed by atoms with van der Waals surface area (Å²) in [5, 5.41) is 9.76. The highest BCUT2D eigenvalue weighted by atomic mass is 32.2. The second-order valence-corrected chi connectivity index (χ2v) is 8.38. The van der Waals surface area contributed by atoms with Crippen LogP contribution in [0.15, 0.2) is 0 Å². The van der Waals surface area contributed by atoms with Gasteiger partial charge >= 0.3 is 12.1 Å². The highest BCUT2D eigenvalue weighted by molar-refractivity contribution is 8.00. The maximum absolute atomic E-state index is 12.6. The normalized spacial score (nSPS) is 29.8. The molecule has 0 aromatic carbocycles. The molecule has 6 heteroatoms. The Morgan fingerprint density at radius 3 is 2.38 bits per heavy atom. The number of aliphatic carboxylic acids is 1. The number of carboxylic acids is 1. The molecular formula is C15H25NO4S. The van der Waals surface area contributed by atoms with E-state index in [1.54, 1.807) is 11.8 Å². The molecule has 1 aliphatic heterocycles. The number of rotatable bonds is 3. The van der Waals surface area contributed by atoms with E-state index in [4.69, 9.17) is 4.74 Å². The minimum atomic E-state index is -1.13. The van der Waals surface area contributed by atoms with Crippen molar-refractivity contribution in [1.29, 1.82) is 0 Å². The number of ether oxygens (including phenoxy) is 1. The third-order valence-corrected chi connectivity index (χ3v) is 5.46. The van der Waals surface area contributed by atoms with Crippen LogP contribution < -0.4 is 0 Å². The lowest BCUT2D eigenvalue weighted by molar-refractivity contribution is -0.152. The van der Waals surface area contributed by atoms with Crippen LogP contribution in [-0.2, 0) is 9.53 Å². The standard InChI is InChI=1S/C15H25NO4S/c1-10-15(12(17)18,8-5-9-21-10)16(11-6-7-11)13(19)20-14(2,3)4/h10-11H,5-9H2,1-4H3,(H,17,18). The van der Waals surface area contributed by atoms with Gasteiger partial charge in [0.2, 0.25) is 0 Å². The third kappa shape index (κ3) is 3.30. The van der Waals surface area contributed by atoms with Gasteiger partial charge in [-0.2, -0.15) is 11.8 Å². The lowest BCUT2D eigenvalue weighted by Gasteiger charge is -2.46. The Morgan fingerprint density at radius 2 is 1.95 bits per heavy atom. The smallest absolute Gasteiger partial charge is 0.411 e.